The van der Waals surface area contributed by atoms with Crippen LogP contribution in [0.1, 0.15) is 24.4 Å². The number of halogens is 1. The highest BCUT2D eigenvalue weighted by Gasteiger charge is 2.30. The van der Waals surface area contributed by atoms with Gasteiger partial charge in [-0.25, -0.2) is 4.39 Å². The van der Waals surface area contributed by atoms with Gasteiger partial charge in [0.15, 0.2) is 0 Å². The highest BCUT2D eigenvalue weighted by molar-refractivity contribution is 5.84. The van der Waals surface area contributed by atoms with Crippen molar-refractivity contribution in [2.75, 3.05) is 46.9 Å². The zero-order valence-electron chi connectivity index (χ0n) is 22.4. The van der Waals surface area contributed by atoms with Crippen molar-refractivity contribution >= 4 is 16.8 Å². The number of piperidine rings is 1. The van der Waals surface area contributed by atoms with E-state index in [0.717, 1.165) is 61.2 Å². The molecule has 3 heterocycles. The fraction of sp³-hybridized carbons (Fsp3) is 0.483. The van der Waals surface area contributed by atoms with Crippen LogP contribution in [0.5, 0.6) is 0 Å². The minimum Gasteiger partial charge on any atom is -0.382 e. The summed E-state index contributed by atoms with van der Waals surface area (Å²) >= 11 is 0. The second-order valence-electron chi connectivity index (χ2n) is 10.8. The van der Waals surface area contributed by atoms with E-state index in [9.17, 15) is 15.2 Å². The summed E-state index contributed by atoms with van der Waals surface area (Å²) in [6.45, 7) is 3.86. The molecule has 2 aliphatic rings. The van der Waals surface area contributed by atoms with Crippen molar-refractivity contribution < 1.29 is 19.0 Å². The summed E-state index contributed by atoms with van der Waals surface area (Å²) in [6, 6.07) is 12.9. The molecule has 0 bridgehead atoms. The maximum atomic E-state index is 15.2. The first-order chi connectivity index (χ1) is 18.8. The van der Waals surface area contributed by atoms with E-state index in [1.54, 1.807) is 25.1 Å². The molecule has 1 aromatic heterocycles. The molecule has 10 heteroatoms. The predicted octanol–water partition coefficient (Wildman–Crippen LogP) is 2.35. The highest BCUT2D eigenvalue weighted by Crippen LogP contribution is 2.31. The lowest BCUT2D eigenvalue weighted by molar-refractivity contribution is -0.130. The molecule has 5 rings (SSSR count). The molecule has 0 spiro atoms. The van der Waals surface area contributed by atoms with Gasteiger partial charge in [0, 0.05) is 31.4 Å². The van der Waals surface area contributed by atoms with Crippen molar-refractivity contribution in [2.45, 2.75) is 43.5 Å². The fourth-order valence-corrected chi connectivity index (χ4v) is 5.38. The maximum absolute atomic E-state index is 15.2. The molecule has 2 aliphatic heterocycles. The van der Waals surface area contributed by atoms with Crippen LogP contribution in [0.2, 0.25) is 0 Å². The number of aliphatic hydroxyl groups excluding tert-OH is 1. The minimum absolute atomic E-state index is 0.000519. The third kappa shape index (κ3) is 6.12. The molecule has 1 amide bonds. The average molecular weight is 535 g/mol. The molecule has 2 atom stereocenters. The van der Waals surface area contributed by atoms with Crippen LogP contribution >= 0.6 is 0 Å². The van der Waals surface area contributed by atoms with E-state index in [2.05, 4.69) is 21.0 Å². The number of amides is 1. The van der Waals surface area contributed by atoms with E-state index in [1.165, 1.54) is 6.07 Å². The molecule has 3 aromatic rings. The van der Waals surface area contributed by atoms with Gasteiger partial charge in [0.1, 0.15) is 18.0 Å². The molecule has 9 nitrogen and oxygen atoms in total. The van der Waals surface area contributed by atoms with E-state index in [1.807, 2.05) is 30.5 Å². The molecular formula is C29H35FN6O3. The van der Waals surface area contributed by atoms with Gasteiger partial charge in [-0.05, 0) is 55.8 Å². The van der Waals surface area contributed by atoms with Crippen molar-refractivity contribution in [2.24, 2.45) is 0 Å². The summed E-state index contributed by atoms with van der Waals surface area (Å²) in [4.78, 5) is 16.4. The van der Waals surface area contributed by atoms with Crippen molar-refractivity contribution in [3.63, 3.8) is 0 Å². The van der Waals surface area contributed by atoms with Gasteiger partial charge in [0.2, 0.25) is 0 Å². The Labute approximate surface area is 227 Å². The molecule has 0 radical (unpaired) electrons. The van der Waals surface area contributed by atoms with Crippen LogP contribution in [0, 0.1) is 17.1 Å². The molecule has 0 unspecified atom stereocenters. The van der Waals surface area contributed by atoms with E-state index in [4.69, 9.17) is 9.84 Å². The molecular weight excluding hydrogens is 499 g/mol. The number of nitrogens with zero attached hydrogens (tertiary/aromatic N) is 5. The summed E-state index contributed by atoms with van der Waals surface area (Å²) in [5, 5.41) is 27.7. The molecule has 2 N–H and O–H groups in total. The Hall–Kier alpha value is -3.36. The lowest BCUT2D eigenvalue weighted by Crippen LogP contribution is -2.51. The zero-order chi connectivity index (χ0) is 27.5. The number of hydrogen-bond acceptors (Lipinski definition) is 7. The quantitative estimate of drug-likeness (QED) is 0.434. The monoisotopic (exact) mass is 534 g/mol. The van der Waals surface area contributed by atoms with Crippen molar-refractivity contribution in [1.29, 1.82) is 5.26 Å². The van der Waals surface area contributed by atoms with E-state index in [-0.39, 0.29) is 13.0 Å². The van der Waals surface area contributed by atoms with Gasteiger partial charge >= 0.3 is 0 Å². The van der Waals surface area contributed by atoms with Gasteiger partial charge in [-0.15, -0.1) is 0 Å². The van der Waals surface area contributed by atoms with Crippen LogP contribution in [0.15, 0.2) is 42.6 Å². The Morgan fingerprint density at radius 1 is 1.21 bits per heavy atom. The molecule has 206 valence electrons. The van der Waals surface area contributed by atoms with E-state index < -0.39 is 23.9 Å². The Morgan fingerprint density at radius 3 is 2.56 bits per heavy atom. The molecule has 0 saturated carbocycles. The van der Waals surface area contributed by atoms with Crippen molar-refractivity contribution in [3.05, 3.63) is 54.0 Å². The number of aromatic nitrogens is 2. The molecule has 39 heavy (non-hydrogen) atoms. The Kier molecular flexibility index (Phi) is 8.23. The van der Waals surface area contributed by atoms with Crippen LogP contribution in [0.4, 0.5) is 4.39 Å². The second-order valence-corrected chi connectivity index (χ2v) is 10.8. The van der Waals surface area contributed by atoms with Crippen LogP contribution in [-0.2, 0) is 16.0 Å². The number of benzene rings is 2. The molecule has 2 fully saturated rings. The smallest absolute Gasteiger partial charge is 0.251 e. The summed E-state index contributed by atoms with van der Waals surface area (Å²) in [7, 11) is 3.46. The van der Waals surface area contributed by atoms with Gasteiger partial charge in [0.05, 0.1) is 43.1 Å². The van der Waals surface area contributed by atoms with E-state index >= 15 is 4.39 Å². The molecule has 0 aliphatic carbocycles. The van der Waals surface area contributed by atoms with Crippen LogP contribution < -0.4 is 5.32 Å². The Morgan fingerprint density at radius 2 is 1.92 bits per heavy atom. The summed E-state index contributed by atoms with van der Waals surface area (Å²) in [5.41, 5.74) is 2.97. The lowest BCUT2D eigenvalue weighted by atomic mass is 9.99. The fourth-order valence-electron chi connectivity index (χ4n) is 5.38. The van der Waals surface area contributed by atoms with Crippen LogP contribution in [-0.4, -0.2) is 95.7 Å². The van der Waals surface area contributed by atoms with Crippen molar-refractivity contribution in [1.82, 2.24) is 24.9 Å². The summed E-state index contributed by atoms with van der Waals surface area (Å²) < 4.78 is 22.6. The maximum Gasteiger partial charge on any atom is 0.251 e. The topological polar surface area (TPSA) is 107 Å². The molecule has 2 aromatic carbocycles. The number of ether oxygens (including phenoxy) is 1. The number of nitriles is 1. The number of nitrogens with one attached hydrogen (secondary N) is 1. The lowest BCUT2D eigenvalue weighted by Gasteiger charge is -2.41. The highest BCUT2D eigenvalue weighted by atomic mass is 19.1. The number of fused-ring (bicyclic) bond motifs is 1. The SMILES string of the molecule is CN(C)C[C@H](O)C(=O)N[C@H](C#N)Cc1ccc(-c2ccc3cnn(C4CCN(C5COC5)CC4)c3c2)cc1F. The number of carbonyl (C=O) groups excluding carboxylic acids is 1. The first-order valence-electron chi connectivity index (χ1n) is 13.4. The number of hydrogen-bond donors (Lipinski definition) is 2. The predicted molar refractivity (Wildman–Crippen MR) is 145 cm³/mol. The number of carbonyl (C=O) groups is 1. The standard InChI is InChI=1S/C29H35FN6O3/c1-34(2)16-28(37)29(38)33-23(14-31)11-21-5-3-19(12-26(21)30)20-4-6-22-15-32-36(27(22)13-20)24-7-9-35(10-8-24)25-17-39-18-25/h3-6,12-13,15,23-25,28,37H,7-11,16-18H2,1-2H3,(H,33,38)/t23-,28-/m0/s1. The first kappa shape index (κ1) is 27.2. The number of aliphatic hydroxyl groups is 1. The molecule has 2 saturated heterocycles. The third-order valence-corrected chi connectivity index (χ3v) is 7.70. The summed E-state index contributed by atoms with van der Waals surface area (Å²) in [6.07, 6.45) is 2.69. The Balaban J connectivity index is 1.28. The van der Waals surface area contributed by atoms with Gasteiger partial charge in [0.25, 0.3) is 5.91 Å². The summed E-state index contributed by atoms with van der Waals surface area (Å²) in [5.74, 6) is -1.10. The Bertz CT molecular complexity index is 1360. The van der Waals surface area contributed by atoms with Gasteiger partial charge in [-0.1, -0.05) is 24.3 Å². The third-order valence-electron chi connectivity index (χ3n) is 7.70. The number of rotatable bonds is 9. The normalized spacial score (nSPS) is 18.6. The van der Waals surface area contributed by atoms with Crippen molar-refractivity contribution in [3.8, 4) is 17.2 Å². The van der Waals surface area contributed by atoms with Crippen LogP contribution in [0.25, 0.3) is 22.0 Å². The average Bonchev–Trinajstić information content (AvgIpc) is 3.31. The van der Waals surface area contributed by atoms with Gasteiger partial charge in [-0.2, -0.15) is 10.4 Å². The minimum atomic E-state index is -1.27. The second kappa shape index (κ2) is 11.8. The van der Waals surface area contributed by atoms with E-state index in [0.29, 0.717) is 17.6 Å². The number of likely N-dealkylation sites (tertiary alicyclic amines) is 1. The van der Waals surface area contributed by atoms with Gasteiger partial charge < -0.3 is 20.1 Å². The number of likely N-dealkylation sites (N-methyl/N-ethyl adjacent to an activating group) is 1. The zero-order valence-corrected chi connectivity index (χ0v) is 22.4. The largest absolute Gasteiger partial charge is 0.382 e. The van der Waals surface area contributed by atoms with Gasteiger partial charge in [-0.3, -0.25) is 14.4 Å². The first-order valence-corrected chi connectivity index (χ1v) is 13.4. The van der Waals surface area contributed by atoms with Crippen LogP contribution in [0.3, 0.4) is 0 Å².